The summed E-state index contributed by atoms with van der Waals surface area (Å²) >= 11 is 0. The summed E-state index contributed by atoms with van der Waals surface area (Å²) in [5.41, 5.74) is 4.50. The maximum atomic E-state index is 12.8. The zero-order chi connectivity index (χ0) is 20.1. The van der Waals surface area contributed by atoms with Crippen LogP contribution in [0.1, 0.15) is 21.5 Å². The molecule has 4 rings (SSSR count). The lowest BCUT2D eigenvalue weighted by Gasteiger charge is -2.18. The molecule has 3 aromatic rings. The Morgan fingerprint density at radius 1 is 0.897 bits per heavy atom. The van der Waals surface area contributed by atoms with Crippen LogP contribution < -0.4 is 15.5 Å². The molecule has 0 atom stereocenters. The Kier molecular flexibility index (Phi) is 5.56. The average Bonchev–Trinajstić information content (AvgIpc) is 3.18. The van der Waals surface area contributed by atoms with Gasteiger partial charge in [0.05, 0.1) is 0 Å². The number of nitrogens with one attached hydrogen (secondary N) is 2. The van der Waals surface area contributed by atoms with Gasteiger partial charge in [0.2, 0.25) is 0 Å². The van der Waals surface area contributed by atoms with Crippen molar-refractivity contribution < 1.29 is 9.59 Å². The predicted octanol–water partition coefficient (Wildman–Crippen LogP) is 4.25. The molecule has 146 valence electrons. The lowest BCUT2D eigenvalue weighted by Crippen LogP contribution is -2.31. The second-order valence-electron chi connectivity index (χ2n) is 7.03. The molecule has 0 aromatic heterocycles. The van der Waals surface area contributed by atoms with Gasteiger partial charge in [0, 0.05) is 30.0 Å². The lowest BCUT2D eigenvalue weighted by molar-refractivity contribution is 0.0989. The topological polar surface area (TPSA) is 61.4 Å². The van der Waals surface area contributed by atoms with E-state index in [0.29, 0.717) is 24.3 Å². The molecule has 0 saturated carbocycles. The van der Waals surface area contributed by atoms with Crippen LogP contribution in [0.4, 0.5) is 16.2 Å². The predicted molar refractivity (Wildman–Crippen MR) is 115 cm³/mol. The number of hydrogen-bond donors (Lipinski definition) is 2. The van der Waals surface area contributed by atoms with Crippen LogP contribution in [0, 0.1) is 0 Å². The minimum atomic E-state index is -0.250. The van der Waals surface area contributed by atoms with Crippen molar-refractivity contribution in [3.8, 4) is 0 Å². The smallest absolute Gasteiger partial charge is 0.319 e. The third-order valence-electron chi connectivity index (χ3n) is 5.05. The van der Waals surface area contributed by atoms with Crippen LogP contribution in [0.5, 0.6) is 0 Å². The van der Waals surface area contributed by atoms with Gasteiger partial charge in [0.25, 0.3) is 5.91 Å². The van der Waals surface area contributed by atoms with Crippen molar-refractivity contribution in [1.82, 2.24) is 5.32 Å². The van der Waals surface area contributed by atoms with Gasteiger partial charge in [0.15, 0.2) is 0 Å². The first-order valence-electron chi connectivity index (χ1n) is 9.79. The Bertz CT molecular complexity index is 1000. The summed E-state index contributed by atoms with van der Waals surface area (Å²) in [6.45, 7) is 1.20. The van der Waals surface area contributed by atoms with Gasteiger partial charge < -0.3 is 15.5 Å². The van der Waals surface area contributed by atoms with Crippen molar-refractivity contribution in [3.05, 3.63) is 95.6 Å². The van der Waals surface area contributed by atoms with Crippen molar-refractivity contribution in [3.63, 3.8) is 0 Å². The van der Waals surface area contributed by atoms with Crippen LogP contribution in [0.25, 0.3) is 0 Å². The zero-order valence-corrected chi connectivity index (χ0v) is 16.1. The number of benzene rings is 3. The monoisotopic (exact) mass is 385 g/mol. The maximum absolute atomic E-state index is 12.8. The number of nitrogens with zero attached hydrogens (tertiary/aromatic N) is 1. The third kappa shape index (κ3) is 4.46. The van der Waals surface area contributed by atoms with E-state index in [4.69, 9.17) is 0 Å². The Morgan fingerprint density at radius 2 is 1.62 bits per heavy atom. The second-order valence-corrected chi connectivity index (χ2v) is 7.03. The molecule has 3 aromatic carbocycles. The Labute approximate surface area is 170 Å². The number of hydrogen-bond acceptors (Lipinski definition) is 2. The Hall–Kier alpha value is -3.60. The van der Waals surface area contributed by atoms with E-state index in [1.165, 1.54) is 5.56 Å². The van der Waals surface area contributed by atoms with E-state index in [2.05, 4.69) is 10.6 Å². The number of urea groups is 1. The fourth-order valence-electron chi connectivity index (χ4n) is 3.54. The van der Waals surface area contributed by atoms with Crippen molar-refractivity contribution in [1.29, 1.82) is 0 Å². The van der Waals surface area contributed by atoms with E-state index in [9.17, 15) is 9.59 Å². The van der Waals surface area contributed by atoms with Gasteiger partial charge in [0.1, 0.15) is 0 Å². The van der Waals surface area contributed by atoms with E-state index < -0.39 is 0 Å². The molecule has 0 saturated heterocycles. The number of fused-ring (bicyclic) bond motifs is 1. The van der Waals surface area contributed by atoms with Crippen molar-refractivity contribution >= 4 is 23.3 Å². The second kappa shape index (κ2) is 8.61. The van der Waals surface area contributed by atoms with E-state index in [0.717, 1.165) is 24.1 Å². The first-order chi connectivity index (χ1) is 14.2. The highest BCUT2D eigenvalue weighted by molar-refractivity contribution is 6.07. The van der Waals surface area contributed by atoms with Crippen LogP contribution in [0.3, 0.4) is 0 Å². The van der Waals surface area contributed by atoms with Crippen molar-refractivity contribution in [2.24, 2.45) is 0 Å². The van der Waals surface area contributed by atoms with Gasteiger partial charge in [-0.3, -0.25) is 4.79 Å². The number of anilines is 2. The molecule has 5 heteroatoms. The first kappa shape index (κ1) is 18.7. The number of carbonyl (C=O) groups is 2. The molecule has 1 aliphatic rings. The van der Waals surface area contributed by atoms with E-state index in [1.54, 1.807) is 4.90 Å². The Morgan fingerprint density at radius 3 is 2.38 bits per heavy atom. The summed E-state index contributed by atoms with van der Waals surface area (Å²) in [5.74, 6) is -0.0196. The highest BCUT2D eigenvalue weighted by Gasteiger charge is 2.25. The van der Waals surface area contributed by atoms with Crippen LogP contribution in [0.15, 0.2) is 78.9 Å². The number of amides is 3. The summed E-state index contributed by atoms with van der Waals surface area (Å²) in [4.78, 5) is 26.9. The fourth-order valence-corrected chi connectivity index (χ4v) is 3.54. The largest absolute Gasteiger partial charge is 0.338 e. The highest BCUT2D eigenvalue weighted by Crippen LogP contribution is 2.32. The molecule has 0 bridgehead atoms. The SMILES string of the molecule is O=C(NCCc1ccccc1)Nc1ccc2c(c1)N(C(=O)c1ccccc1)CC2. The molecule has 0 aliphatic carbocycles. The van der Waals surface area contributed by atoms with Crippen molar-refractivity contribution in [2.75, 3.05) is 23.3 Å². The maximum Gasteiger partial charge on any atom is 0.319 e. The summed E-state index contributed by atoms with van der Waals surface area (Å²) in [5, 5.41) is 5.75. The Balaban J connectivity index is 1.39. The number of rotatable bonds is 5. The number of carbonyl (C=O) groups excluding carboxylic acids is 2. The molecular formula is C24H23N3O2. The standard InChI is InChI=1S/C24H23N3O2/c28-23(20-9-5-2-6-10-20)27-16-14-19-11-12-21(17-22(19)27)26-24(29)25-15-13-18-7-3-1-4-8-18/h1-12,17H,13-16H2,(H2,25,26,29). The van der Waals surface area contributed by atoms with Gasteiger partial charge in [-0.2, -0.15) is 0 Å². The van der Waals surface area contributed by atoms with Crippen LogP contribution in [-0.4, -0.2) is 25.0 Å². The van der Waals surface area contributed by atoms with Gasteiger partial charge in [-0.1, -0.05) is 54.6 Å². The molecule has 0 spiro atoms. The van der Waals surface area contributed by atoms with Gasteiger partial charge in [-0.25, -0.2) is 4.79 Å². The molecule has 1 heterocycles. The van der Waals surface area contributed by atoms with Gasteiger partial charge >= 0.3 is 6.03 Å². The fraction of sp³-hybridized carbons (Fsp3) is 0.167. The zero-order valence-electron chi connectivity index (χ0n) is 16.1. The van der Waals surface area contributed by atoms with Crippen LogP contribution >= 0.6 is 0 Å². The summed E-state index contributed by atoms with van der Waals surface area (Å²) in [6.07, 6.45) is 1.59. The van der Waals surface area contributed by atoms with E-state index in [1.807, 2.05) is 78.9 Å². The molecule has 29 heavy (non-hydrogen) atoms. The lowest BCUT2D eigenvalue weighted by atomic mass is 10.1. The molecule has 3 amide bonds. The summed E-state index contributed by atoms with van der Waals surface area (Å²) in [7, 11) is 0. The summed E-state index contributed by atoms with van der Waals surface area (Å²) in [6, 6.07) is 24.8. The van der Waals surface area contributed by atoms with Gasteiger partial charge in [-0.15, -0.1) is 0 Å². The molecule has 5 nitrogen and oxygen atoms in total. The molecular weight excluding hydrogens is 362 g/mol. The van der Waals surface area contributed by atoms with E-state index >= 15 is 0 Å². The van der Waals surface area contributed by atoms with Gasteiger partial charge in [-0.05, 0) is 48.2 Å². The van der Waals surface area contributed by atoms with Crippen LogP contribution in [-0.2, 0) is 12.8 Å². The molecule has 0 unspecified atom stereocenters. The minimum Gasteiger partial charge on any atom is -0.338 e. The normalized spacial score (nSPS) is 12.3. The first-order valence-corrected chi connectivity index (χ1v) is 9.79. The molecule has 0 fully saturated rings. The molecule has 1 aliphatic heterocycles. The highest BCUT2D eigenvalue weighted by atomic mass is 16.2. The minimum absolute atomic E-state index is 0.0196. The quantitative estimate of drug-likeness (QED) is 0.690. The third-order valence-corrected chi connectivity index (χ3v) is 5.05. The molecule has 2 N–H and O–H groups in total. The van der Waals surface area contributed by atoms with Crippen molar-refractivity contribution in [2.45, 2.75) is 12.8 Å². The summed E-state index contributed by atoms with van der Waals surface area (Å²) < 4.78 is 0. The molecule has 0 radical (unpaired) electrons. The van der Waals surface area contributed by atoms with Crippen LogP contribution in [0.2, 0.25) is 0 Å². The average molecular weight is 385 g/mol. The van der Waals surface area contributed by atoms with E-state index in [-0.39, 0.29) is 11.9 Å².